The van der Waals surface area contributed by atoms with E-state index < -0.39 is 10.0 Å². The molecule has 10 heteroatoms. The molecule has 0 unspecified atom stereocenters. The van der Waals surface area contributed by atoms with Crippen molar-refractivity contribution in [1.82, 2.24) is 24.3 Å². The molecule has 0 atom stereocenters. The first kappa shape index (κ1) is 26.4. The Kier molecular flexibility index (Phi) is 7.87. The highest BCUT2D eigenvalue weighted by molar-refractivity contribution is 7.89. The highest BCUT2D eigenvalue weighted by Gasteiger charge is 2.30. The zero-order valence-electron chi connectivity index (χ0n) is 21.9. The second-order valence-corrected chi connectivity index (χ2v) is 11.5. The number of nitrogens with zero attached hydrogens (tertiary/aromatic N) is 4. The van der Waals surface area contributed by atoms with Crippen molar-refractivity contribution in [1.29, 1.82) is 0 Å². The summed E-state index contributed by atoms with van der Waals surface area (Å²) in [5.41, 5.74) is 4.67. The van der Waals surface area contributed by atoms with E-state index in [0.29, 0.717) is 68.3 Å². The van der Waals surface area contributed by atoms with E-state index in [4.69, 9.17) is 4.74 Å². The van der Waals surface area contributed by atoms with Crippen LogP contribution in [-0.4, -0.2) is 73.1 Å². The molecular formula is C26H37N5O4S. The van der Waals surface area contributed by atoms with Crippen LogP contribution < -0.4 is 10.1 Å². The van der Waals surface area contributed by atoms with E-state index in [9.17, 15) is 13.2 Å². The van der Waals surface area contributed by atoms with Crippen LogP contribution in [-0.2, 0) is 29.9 Å². The van der Waals surface area contributed by atoms with Crippen LogP contribution in [0.25, 0.3) is 5.70 Å². The molecule has 1 saturated heterocycles. The van der Waals surface area contributed by atoms with Crippen LogP contribution in [0.1, 0.15) is 60.9 Å². The van der Waals surface area contributed by atoms with Crippen LogP contribution in [0.4, 0.5) is 0 Å². The third kappa shape index (κ3) is 5.07. The van der Waals surface area contributed by atoms with Gasteiger partial charge in [0.2, 0.25) is 10.0 Å². The number of sulfonamides is 1. The normalized spacial score (nSPS) is 20.0. The molecule has 36 heavy (non-hydrogen) atoms. The van der Waals surface area contributed by atoms with Gasteiger partial charge in [-0.1, -0.05) is 13.3 Å². The smallest absolute Gasteiger partial charge is 0.274 e. The van der Waals surface area contributed by atoms with Crippen molar-refractivity contribution < 1.29 is 17.9 Å². The number of hydrogen-bond donors (Lipinski definition) is 1. The Morgan fingerprint density at radius 3 is 2.47 bits per heavy atom. The molecule has 1 aromatic carbocycles. The maximum absolute atomic E-state index is 13.5. The van der Waals surface area contributed by atoms with Crippen molar-refractivity contribution in [3.05, 3.63) is 46.3 Å². The van der Waals surface area contributed by atoms with Gasteiger partial charge in [-0.05, 0) is 63.9 Å². The number of carbonyl (C=O) groups excluding carboxylic acids is 1. The largest absolute Gasteiger partial charge is 0.493 e. The van der Waals surface area contributed by atoms with E-state index in [1.54, 1.807) is 29.9 Å². The fourth-order valence-corrected chi connectivity index (χ4v) is 6.39. The number of rotatable bonds is 7. The Balaban J connectivity index is 1.75. The topological polar surface area (TPSA) is 96.8 Å². The lowest BCUT2D eigenvalue weighted by molar-refractivity contribution is 0.0962. The second kappa shape index (κ2) is 10.7. The molecule has 2 aromatic rings. The Morgan fingerprint density at radius 2 is 1.81 bits per heavy atom. The van der Waals surface area contributed by atoms with Crippen LogP contribution in [0.2, 0.25) is 0 Å². The number of aryl methyl sites for hydroxylation is 2. The van der Waals surface area contributed by atoms with E-state index in [0.717, 1.165) is 29.7 Å². The molecular weight excluding hydrogens is 478 g/mol. The number of carbonyl (C=O) groups is 1. The lowest BCUT2D eigenvalue weighted by Crippen LogP contribution is -2.47. The maximum Gasteiger partial charge on any atom is 0.274 e. The number of likely N-dealkylation sites (N-methyl/N-ethyl adjacent to an activating group) is 1. The van der Waals surface area contributed by atoms with Crippen molar-refractivity contribution in [2.24, 2.45) is 7.05 Å². The molecule has 2 aliphatic heterocycles. The summed E-state index contributed by atoms with van der Waals surface area (Å²) in [5.74, 6) is 0.299. The van der Waals surface area contributed by atoms with Gasteiger partial charge in [-0.2, -0.15) is 9.40 Å². The molecule has 0 aliphatic carbocycles. The average Bonchev–Trinajstić information content (AvgIpc) is 3.15. The monoisotopic (exact) mass is 515 g/mol. The van der Waals surface area contributed by atoms with E-state index >= 15 is 0 Å². The lowest BCUT2D eigenvalue weighted by Gasteiger charge is -2.31. The number of fused-ring (bicyclic) bond motifs is 1. The molecule has 0 bridgehead atoms. The SMILES string of the molecule is CCCc1nn(C)c2c1CC/C(C)=C(/c1cc(S(=O)(=O)N3CCN(C)CC3)ccc1OCC)NC2=O. The van der Waals surface area contributed by atoms with Crippen molar-refractivity contribution in [2.75, 3.05) is 39.8 Å². The number of ether oxygens (including phenoxy) is 1. The highest BCUT2D eigenvalue weighted by atomic mass is 32.2. The molecule has 4 rings (SSSR count). The van der Waals surface area contributed by atoms with Crippen molar-refractivity contribution in [3.8, 4) is 5.75 Å². The first-order valence-corrected chi connectivity index (χ1v) is 14.1. The first-order valence-electron chi connectivity index (χ1n) is 12.7. The molecule has 9 nitrogen and oxygen atoms in total. The van der Waals surface area contributed by atoms with E-state index in [1.807, 2.05) is 20.9 Å². The van der Waals surface area contributed by atoms with Crippen LogP contribution in [0.5, 0.6) is 5.75 Å². The highest BCUT2D eigenvalue weighted by Crippen LogP contribution is 2.34. The summed E-state index contributed by atoms with van der Waals surface area (Å²) in [6, 6.07) is 4.94. The second-order valence-electron chi connectivity index (χ2n) is 9.56. The average molecular weight is 516 g/mol. The summed E-state index contributed by atoms with van der Waals surface area (Å²) in [7, 11) is 0.104. The molecule has 1 fully saturated rings. The standard InChI is InChI=1S/C26H37N5O4S/c1-6-8-22-20-11-9-18(3)24(27-26(32)25(20)30(5)28-22)21-17-19(10-12-23(21)35-7-2)36(33,34)31-15-13-29(4)14-16-31/h10,12,17H,6-9,11,13-16H2,1-5H3,(H,27,32)/b24-18-. The predicted molar refractivity (Wildman–Crippen MR) is 139 cm³/mol. The van der Waals surface area contributed by atoms with Crippen molar-refractivity contribution in [2.45, 2.75) is 51.3 Å². The number of amides is 1. The van der Waals surface area contributed by atoms with Gasteiger partial charge in [-0.25, -0.2) is 8.42 Å². The fourth-order valence-electron chi connectivity index (χ4n) is 4.95. The third-order valence-electron chi connectivity index (χ3n) is 6.97. The molecule has 0 saturated carbocycles. The first-order chi connectivity index (χ1) is 17.2. The Hall–Kier alpha value is -2.69. The van der Waals surface area contributed by atoms with Crippen LogP contribution in [0.3, 0.4) is 0 Å². The number of piperazine rings is 1. The van der Waals surface area contributed by atoms with Crippen molar-refractivity contribution >= 4 is 21.6 Å². The van der Waals surface area contributed by atoms with Gasteiger partial charge in [-0.3, -0.25) is 9.48 Å². The van der Waals surface area contributed by atoms with Gasteiger partial charge in [0.05, 0.1) is 22.9 Å². The quantitative estimate of drug-likeness (QED) is 0.609. The molecule has 196 valence electrons. The summed E-state index contributed by atoms with van der Waals surface area (Å²) < 4.78 is 36.1. The number of hydrogen-bond acceptors (Lipinski definition) is 6. The maximum atomic E-state index is 13.5. The van der Waals surface area contributed by atoms with Gasteiger partial charge >= 0.3 is 0 Å². The van der Waals surface area contributed by atoms with Gasteiger partial charge < -0.3 is 15.0 Å². The Labute approximate surface area is 214 Å². The molecule has 1 amide bonds. The molecule has 2 aliphatic rings. The summed E-state index contributed by atoms with van der Waals surface area (Å²) in [4.78, 5) is 15.8. The molecule has 0 radical (unpaired) electrons. The molecule has 1 aromatic heterocycles. The van der Waals surface area contributed by atoms with Crippen LogP contribution in [0, 0.1) is 0 Å². The molecule has 1 N–H and O–H groups in total. The van der Waals surface area contributed by atoms with Gasteiger partial charge in [0.15, 0.2) is 0 Å². The summed E-state index contributed by atoms with van der Waals surface area (Å²) >= 11 is 0. The Morgan fingerprint density at radius 1 is 1.08 bits per heavy atom. The number of benzene rings is 1. The summed E-state index contributed by atoms with van der Waals surface area (Å²) in [6.45, 7) is 8.66. The van der Waals surface area contributed by atoms with Crippen LogP contribution >= 0.6 is 0 Å². The minimum Gasteiger partial charge on any atom is -0.493 e. The van der Waals surface area contributed by atoms with Crippen LogP contribution in [0.15, 0.2) is 28.7 Å². The number of allylic oxidation sites excluding steroid dienone is 1. The molecule has 0 spiro atoms. The number of nitrogens with one attached hydrogen (secondary N) is 1. The summed E-state index contributed by atoms with van der Waals surface area (Å²) in [5, 5.41) is 7.70. The zero-order chi connectivity index (χ0) is 26.0. The predicted octanol–water partition coefficient (Wildman–Crippen LogP) is 2.81. The zero-order valence-corrected chi connectivity index (χ0v) is 22.7. The van der Waals surface area contributed by atoms with Gasteiger partial charge in [-0.15, -0.1) is 0 Å². The van der Waals surface area contributed by atoms with E-state index in [-0.39, 0.29) is 10.8 Å². The van der Waals surface area contributed by atoms with Gasteiger partial charge in [0.25, 0.3) is 5.91 Å². The fraction of sp³-hybridized carbons (Fsp3) is 0.538. The summed E-state index contributed by atoms with van der Waals surface area (Å²) in [6.07, 6.45) is 3.20. The minimum atomic E-state index is -3.68. The van der Waals surface area contributed by atoms with Gasteiger partial charge in [0, 0.05) is 44.4 Å². The minimum absolute atomic E-state index is 0.202. The third-order valence-corrected chi connectivity index (χ3v) is 8.86. The van der Waals surface area contributed by atoms with Gasteiger partial charge in [0.1, 0.15) is 11.4 Å². The van der Waals surface area contributed by atoms with E-state index in [2.05, 4.69) is 22.2 Å². The molecule has 3 heterocycles. The Bertz CT molecular complexity index is 1270. The number of aromatic nitrogens is 2. The van der Waals surface area contributed by atoms with E-state index in [1.165, 1.54) is 4.31 Å². The van der Waals surface area contributed by atoms with Crippen molar-refractivity contribution in [3.63, 3.8) is 0 Å². The lowest BCUT2D eigenvalue weighted by atomic mass is 9.95.